The number of carbonyl (C=O) groups is 1. The first-order valence-corrected chi connectivity index (χ1v) is 7.42. The minimum atomic E-state index is -0.169. The van der Waals surface area contributed by atoms with Gasteiger partial charge in [0, 0.05) is 6.61 Å². The van der Waals surface area contributed by atoms with Crippen LogP contribution in [0.3, 0.4) is 0 Å². The van der Waals surface area contributed by atoms with Crippen LogP contribution < -0.4 is 15.4 Å². The SMILES string of the molecule is Cc1ccc(OCC(C)NC(=O)NC2CCOC2C)cc1. The van der Waals surface area contributed by atoms with Crippen molar-refractivity contribution < 1.29 is 14.3 Å². The van der Waals surface area contributed by atoms with Gasteiger partial charge in [-0.05, 0) is 39.3 Å². The number of aryl methyl sites for hydroxylation is 1. The molecule has 5 nitrogen and oxygen atoms in total. The van der Waals surface area contributed by atoms with Gasteiger partial charge in [0.1, 0.15) is 12.4 Å². The average molecular weight is 292 g/mol. The van der Waals surface area contributed by atoms with Gasteiger partial charge in [-0.3, -0.25) is 0 Å². The number of nitrogens with one attached hydrogen (secondary N) is 2. The van der Waals surface area contributed by atoms with Crippen LogP contribution in [-0.2, 0) is 4.74 Å². The van der Waals surface area contributed by atoms with E-state index in [1.807, 2.05) is 45.0 Å². The summed E-state index contributed by atoms with van der Waals surface area (Å²) in [4.78, 5) is 11.9. The third-order valence-corrected chi connectivity index (χ3v) is 3.59. The van der Waals surface area contributed by atoms with Gasteiger partial charge in [0.2, 0.25) is 0 Å². The fourth-order valence-electron chi connectivity index (χ4n) is 2.25. The molecule has 21 heavy (non-hydrogen) atoms. The maximum Gasteiger partial charge on any atom is 0.315 e. The lowest BCUT2D eigenvalue weighted by molar-refractivity contribution is 0.114. The fourth-order valence-corrected chi connectivity index (χ4v) is 2.25. The molecule has 1 aliphatic rings. The molecule has 1 aromatic rings. The topological polar surface area (TPSA) is 59.6 Å². The summed E-state index contributed by atoms with van der Waals surface area (Å²) >= 11 is 0. The Morgan fingerprint density at radius 3 is 2.76 bits per heavy atom. The minimum absolute atomic E-state index is 0.0658. The maximum atomic E-state index is 11.9. The molecule has 0 aliphatic carbocycles. The summed E-state index contributed by atoms with van der Waals surface area (Å²) in [5, 5.41) is 5.81. The molecule has 0 spiro atoms. The van der Waals surface area contributed by atoms with Gasteiger partial charge in [0.05, 0.1) is 18.2 Å². The molecule has 1 fully saturated rings. The van der Waals surface area contributed by atoms with Gasteiger partial charge in [-0.15, -0.1) is 0 Å². The molecule has 1 saturated heterocycles. The summed E-state index contributed by atoms with van der Waals surface area (Å²) in [6.07, 6.45) is 0.943. The number of carbonyl (C=O) groups excluding carboxylic acids is 1. The van der Waals surface area contributed by atoms with Crippen molar-refractivity contribution in [2.45, 2.75) is 45.4 Å². The first-order chi connectivity index (χ1) is 10.0. The van der Waals surface area contributed by atoms with Crippen molar-refractivity contribution in [3.8, 4) is 5.75 Å². The molecule has 116 valence electrons. The molecule has 0 aromatic heterocycles. The molecule has 3 unspecified atom stereocenters. The van der Waals surface area contributed by atoms with E-state index in [4.69, 9.17) is 9.47 Å². The molecular weight excluding hydrogens is 268 g/mol. The van der Waals surface area contributed by atoms with Crippen LogP contribution in [0, 0.1) is 6.92 Å². The van der Waals surface area contributed by atoms with Gasteiger partial charge >= 0.3 is 6.03 Å². The third-order valence-electron chi connectivity index (χ3n) is 3.59. The molecule has 2 rings (SSSR count). The zero-order valence-corrected chi connectivity index (χ0v) is 12.9. The Labute approximate surface area is 126 Å². The van der Waals surface area contributed by atoms with Crippen LogP contribution in [0.5, 0.6) is 5.75 Å². The van der Waals surface area contributed by atoms with E-state index < -0.39 is 0 Å². The Morgan fingerprint density at radius 1 is 1.43 bits per heavy atom. The zero-order valence-electron chi connectivity index (χ0n) is 12.9. The molecule has 0 saturated carbocycles. The summed E-state index contributed by atoms with van der Waals surface area (Å²) in [5.74, 6) is 0.812. The number of amides is 2. The summed E-state index contributed by atoms with van der Waals surface area (Å²) in [5.41, 5.74) is 1.20. The molecule has 1 aromatic carbocycles. The summed E-state index contributed by atoms with van der Waals surface area (Å²) in [7, 11) is 0. The van der Waals surface area contributed by atoms with E-state index in [9.17, 15) is 4.79 Å². The van der Waals surface area contributed by atoms with E-state index in [1.165, 1.54) is 5.56 Å². The number of ether oxygens (including phenoxy) is 2. The Bertz CT molecular complexity index is 461. The van der Waals surface area contributed by atoms with Crippen LogP contribution in [-0.4, -0.2) is 37.4 Å². The van der Waals surface area contributed by atoms with Gasteiger partial charge in [0.25, 0.3) is 0 Å². The van der Waals surface area contributed by atoms with Gasteiger partial charge in [-0.2, -0.15) is 0 Å². The van der Waals surface area contributed by atoms with Crippen LogP contribution in [0.1, 0.15) is 25.8 Å². The maximum absolute atomic E-state index is 11.9. The lowest BCUT2D eigenvalue weighted by Crippen LogP contribution is -2.48. The van der Waals surface area contributed by atoms with Crippen LogP contribution in [0.4, 0.5) is 4.79 Å². The Hall–Kier alpha value is -1.75. The highest BCUT2D eigenvalue weighted by Crippen LogP contribution is 2.13. The van der Waals surface area contributed by atoms with E-state index >= 15 is 0 Å². The molecule has 5 heteroatoms. The van der Waals surface area contributed by atoms with Crippen LogP contribution in [0.2, 0.25) is 0 Å². The van der Waals surface area contributed by atoms with Crippen molar-refractivity contribution in [2.24, 2.45) is 0 Å². The number of benzene rings is 1. The zero-order chi connectivity index (χ0) is 15.2. The smallest absolute Gasteiger partial charge is 0.315 e. The number of hydrogen-bond donors (Lipinski definition) is 2. The predicted molar refractivity (Wildman–Crippen MR) is 81.6 cm³/mol. The second-order valence-corrected chi connectivity index (χ2v) is 5.61. The molecule has 1 aliphatic heterocycles. The number of hydrogen-bond acceptors (Lipinski definition) is 3. The molecule has 0 bridgehead atoms. The normalized spacial score (nSPS) is 22.6. The molecule has 1 heterocycles. The Kier molecular flexibility index (Phi) is 5.44. The van der Waals surface area contributed by atoms with Gasteiger partial charge in [-0.25, -0.2) is 4.79 Å². The highest BCUT2D eigenvalue weighted by Gasteiger charge is 2.25. The monoisotopic (exact) mass is 292 g/mol. The van der Waals surface area contributed by atoms with Crippen LogP contribution in [0.25, 0.3) is 0 Å². The van der Waals surface area contributed by atoms with Crippen molar-refractivity contribution in [3.63, 3.8) is 0 Å². The second kappa shape index (κ2) is 7.31. The Balaban J connectivity index is 1.69. The molecule has 2 N–H and O–H groups in total. The second-order valence-electron chi connectivity index (χ2n) is 5.61. The molecule has 0 radical (unpaired) electrons. The minimum Gasteiger partial charge on any atom is -0.491 e. The van der Waals surface area contributed by atoms with Crippen molar-refractivity contribution in [3.05, 3.63) is 29.8 Å². The van der Waals surface area contributed by atoms with E-state index in [1.54, 1.807) is 0 Å². The predicted octanol–water partition coefficient (Wildman–Crippen LogP) is 2.24. The van der Waals surface area contributed by atoms with Crippen molar-refractivity contribution in [1.82, 2.24) is 10.6 Å². The quantitative estimate of drug-likeness (QED) is 0.875. The van der Waals surface area contributed by atoms with Crippen LogP contribution in [0.15, 0.2) is 24.3 Å². The molecule has 2 amide bonds. The van der Waals surface area contributed by atoms with Gasteiger partial charge < -0.3 is 20.1 Å². The van der Waals surface area contributed by atoms with E-state index in [0.717, 1.165) is 12.2 Å². The lowest BCUT2D eigenvalue weighted by Gasteiger charge is -2.19. The molecular formula is C16H24N2O3. The standard InChI is InChI=1S/C16H24N2O3/c1-11-4-6-14(7-5-11)21-10-12(2)17-16(19)18-15-8-9-20-13(15)3/h4-7,12-13,15H,8-10H2,1-3H3,(H2,17,18,19). The van der Waals surface area contributed by atoms with Gasteiger partial charge in [0.15, 0.2) is 0 Å². The first-order valence-electron chi connectivity index (χ1n) is 7.42. The van der Waals surface area contributed by atoms with Crippen molar-refractivity contribution in [1.29, 1.82) is 0 Å². The summed E-state index contributed by atoms with van der Waals surface area (Å²) < 4.78 is 11.1. The summed E-state index contributed by atoms with van der Waals surface area (Å²) in [6.45, 7) is 7.07. The number of rotatable bonds is 5. The first kappa shape index (κ1) is 15.6. The fraction of sp³-hybridized carbons (Fsp3) is 0.562. The van der Waals surface area contributed by atoms with Crippen LogP contribution >= 0.6 is 0 Å². The molecule has 3 atom stereocenters. The van der Waals surface area contributed by atoms with E-state index in [2.05, 4.69) is 10.6 Å². The third kappa shape index (κ3) is 4.93. The van der Waals surface area contributed by atoms with E-state index in [0.29, 0.717) is 13.2 Å². The highest BCUT2D eigenvalue weighted by atomic mass is 16.5. The van der Waals surface area contributed by atoms with Crippen molar-refractivity contribution in [2.75, 3.05) is 13.2 Å². The van der Waals surface area contributed by atoms with Gasteiger partial charge in [-0.1, -0.05) is 17.7 Å². The summed E-state index contributed by atoms with van der Waals surface area (Å²) in [6, 6.07) is 7.72. The lowest BCUT2D eigenvalue weighted by atomic mass is 10.2. The van der Waals surface area contributed by atoms with Crippen molar-refractivity contribution >= 4 is 6.03 Å². The average Bonchev–Trinajstić information content (AvgIpc) is 2.83. The number of urea groups is 1. The highest BCUT2D eigenvalue weighted by molar-refractivity contribution is 5.74. The largest absolute Gasteiger partial charge is 0.491 e. The van der Waals surface area contributed by atoms with E-state index in [-0.39, 0.29) is 24.2 Å². The Morgan fingerprint density at radius 2 is 2.14 bits per heavy atom.